The predicted octanol–water partition coefficient (Wildman–Crippen LogP) is 5.03. The number of nitrogens with one attached hydrogen (secondary N) is 2. The minimum absolute atomic E-state index is 0.0694. The minimum Gasteiger partial charge on any atom is -0.366 e. The number of nitrogens with zero attached hydrogens (tertiary/aromatic N) is 1. The summed E-state index contributed by atoms with van der Waals surface area (Å²) in [7, 11) is 0. The molecule has 4 rings (SSSR count). The van der Waals surface area contributed by atoms with Crippen LogP contribution in [0.25, 0.3) is 0 Å². The van der Waals surface area contributed by atoms with E-state index in [9.17, 15) is 9.59 Å². The van der Waals surface area contributed by atoms with Gasteiger partial charge in [0.1, 0.15) is 0 Å². The molecule has 5 heteroatoms. The van der Waals surface area contributed by atoms with Crippen LogP contribution in [-0.2, 0) is 13.0 Å². The third-order valence-corrected chi connectivity index (χ3v) is 6.00. The van der Waals surface area contributed by atoms with Gasteiger partial charge in [-0.15, -0.1) is 0 Å². The lowest BCUT2D eigenvalue weighted by Gasteiger charge is -2.32. The Morgan fingerprint density at radius 2 is 1.66 bits per heavy atom. The van der Waals surface area contributed by atoms with Crippen LogP contribution in [0.5, 0.6) is 0 Å². The maximum absolute atomic E-state index is 13.2. The van der Waals surface area contributed by atoms with Gasteiger partial charge in [-0.1, -0.05) is 49.4 Å². The molecular formula is C27H29N3O2. The molecule has 2 amide bonds. The van der Waals surface area contributed by atoms with Crippen molar-refractivity contribution in [3.05, 3.63) is 95.1 Å². The Bertz CT molecular complexity index is 1110. The van der Waals surface area contributed by atoms with Gasteiger partial charge >= 0.3 is 0 Å². The van der Waals surface area contributed by atoms with E-state index in [1.807, 2.05) is 44.2 Å². The fourth-order valence-corrected chi connectivity index (χ4v) is 3.97. The normalized spacial score (nSPS) is 13.8. The number of rotatable bonds is 6. The fraction of sp³-hybridized carbons (Fsp3) is 0.259. The lowest BCUT2D eigenvalue weighted by molar-refractivity contribution is 0.0938. The summed E-state index contributed by atoms with van der Waals surface area (Å²) in [5, 5.41) is 6.01. The number of anilines is 2. The van der Waals surface area contributed by atoms with Crippen LogP contribution in [0.4, 0.5) is 11.4 Å². The highest BCUT2D eigenvalue weighted by atomic mass is 16.2. The molecule has 1 atom stereocenters. The molecule has 2 N–H and O–H groups in total. The zero-order valence-electron chi connectivity index (χ0n) is 18.6. The first-order valence-electron chi connectivity index (χ1n) is 11.2. The number of hydrogen-bond acceptors (Lipinski definition) is 3. The van der Waals surface area contributed by atoms with E-state index in [4.69, 9.17) is 0 Å². The third kappa shape index (κ3) is 4.83. The molecule has 0 bridgehead atoms. The molecule has 0 unspecified atom stereocenters. The van der Waals surface area contributed by atoms with Gasteiger partial charge in [0.15, 0.2) is 0 Å². The molecule has 1 aliphatic heterocycles. The molecule has 3 aromatic carbocycles. The Labute approximate surface area is 189 Å². The van der Waals surface area contributed by atoms with E-state index in [2.05, 4.69) is 39.8 Å². The molecule has 0 saturated carbocycles. The van der Waals surface area contributed by atoms with E-state index in [0.29, 0.717) is 16.8 Å². The predicted molar refractivity (Wildman–Crippen MR) is 129 cm³/mol. The SMILES string of the molecule is CC[C@H](C)NC(=O)c1cc(NC(=O)c2ccccc2)ccc1N1CCc2ccccc2C1. The summed E-state index contributed by atoms with van der Waals surface area (Å²) in [4.78, 5) is 28.0. The van der Waals surface area contributed by atoms with Gasteiger partial charge in [-0.3, -0.25) is 9.59 Å². The maximum atomic E-state index is 13.2. The van der Waals surface area contributed by atoms with Crippen LogP contribution in [0.1, 0.15) is 52.1 Å². The van der Waals surface area contributed by atoms with E-state index in [1.54, 1.807) is 18.2 Å². The molecule has 1 heterocycles. The van der Waals surface area contributed by atoms with Crippen molar-refractivity contribution < 1.29 is 9.59 Å². The van der Waals surface area contributed by atoms with Gasteiger partial charge in [0.25, 0.3) is 11.8 Å². The van der Waals surface area contributed by atoms with E-state index in [0.717, 1.165) is 31.6 Å². The highest BCUT2D eigenvalue weighted by Crippen LogP contribution is 2.30. The molecular weight excluding hydrogens is 398 g/mol. The molecule has 0 spiro atoms. The highest BCUT2D eigenvalue weighted by molar-refractivity contribution is 6.06. The molecule has 0 aromatic heterocycles. The third-order valence-electron chi connectivity index (χ3n) is 6.00. The molecule has 164 valence electrons. The van der Waals surface area contributed by atoms with Crippen LogP contribution in [0.15, 0.2) is 72.8 Å². The van der Waals surface area contributed by atoms with Crippen LogP contribution in [0, 0.1) is 0 Å². The molecule has 5 nitrogen and oxygen atoms in total. The largest absolute Gasteiger partial charge is 0.366 e. The van der Waals surface area contributed by atoms with Crippen LogP contribution in [0.3, 0.4) is 0 Å². The van der Waals surface area contributed by atoms with Crippen LogP contribution in [-0.4, -0.2) is 24.4 Å². The van der Waals surface area contributed by atoms with Crippen molar-refractivity contribution >= 4 is 23.2 Å². The number of amides is 2. The number of benzene rings is 3. The van der Waals surface area contributed by atoms with Crippen LogP contribution in [0.2, 0.25) is 0 Å². The van der Waals surface area contributed by atoms with Gasteiger partial charge in [0.05, 0.1) is 5.56 Å². The summed E-state index contributed by atoms with van der Waals surface area (Å²) < 4.78 is 0. The number of hydrogen-bond donors (Lipinski definition) is 2. The molecule has 0 aliphatic carbocycles. The molecule has 0 fully saturated rings. The standard InChI is InChI=1S/C27H29N3O2/c1-3-19(2)28-27(32)24-17-23(29-26(31)21-10-5-4-6-11-21)13-14-25(24)30-16-15-20-9-7-8-12-22(20)18-30/h4-14,17,19H,3,15-16,18H2,1-2H3,(H,28,32)(H,29,31)/t19-/m0/s1. The topological polar surface area (TPSA) is 61.4 Å². The Morgan fingerprint density at radius 1 is 0.938 bits per heavy atom. The van der Waals surface area contributed by atoms with Gasteiger partial charge in [0, 0.05) is 36.1 Å². The van der Waals surface area contributed by atoms with Gasteiger partial charge in [-0.2, -0.15) is 0 Å². The first-order chi connectivity index (χ1) is 15.5. The van der Waals surface area contributed by atoms with Crippen molar-refractivity contribution in [1.82, 2.24) is 5.32 Å². The quantitative estimate of drug-likeness (QED) is 0.580. The van der Waals surface area contributed by atoms with Crippen molar-refractivity contribution in [3.63, 3.8) is 0 Å². The summed E-state index contributed by atoms with van der Waals surface area (Å²) in [5.41, 5.74) is 5.30. The smallest absolute Gasteiger partial charge is 0.255 e. The van der Waals surface area contributed by atoms with E-state index >= 15 is 0 Å². The Kier molecular flexibility index (Phi) is 6.55. The first kappa shape index (κ1) is 21.6. The number of carbonyl (C=O) groups excluding carboxylic acids is 2. The number of carbonyl (C=O) groups is 2. The van der Waals surface area contributed by atoms with Gasteiger partial charge in [-0.25, -0.2) is 0 Å². The van der Waals surface area contributed by atoms with Crippen molar-refractivity contribution in [3.8, 4) is 0 Å². The molecule has 0 radical (unpaired) electrons. The zero-order valence-corrected chi connectivity index (χ0v) is 18.6. The van der Waals surface area contributed by atoms with Crippen molar-refractivity contribution in [2.45, 2.75) is 39.3 Å². The summed E-state index contributed by atoms with van der Waals surface area (Å²) in [6.07, 6.45) is 1.79. The first-order valence-corrected chi connectivity index (χ1v) is 11.2. The summed E-state index contributed by atoms with van der Waals surface area (Å²) in [5.74, 6) is -0.317. The van der Waals surface area contributed by atoms with Gasteiger partial charge in [-0.05, 0) is 61.2 Å². The number of fused-ring (bicyclic) bond motifs is 1. The van der Waals surface area contributed by atoms with Crippen LogP contribution < -0.4 is 15.5 Å². The Hall–Kier alpha value is -3.60. The highest BCUT2D eigenvalue weighted by Gasteiger charge is 2.22. The fourth-order valence-electron chi connectivity index (χ4n) is 3.97. The van der Waals surface area contributed by atoms with Crippen molar-refractivity contribution in [2.24, 2.45) is 0 Å². The van der Waals surface area contributed by atoms with E-state index in [-0.39, 0.29) is 17.9 Å². The maximum Gasteiger partial charge on any atom is 0.255 e. The van der Waals surface area contributed by atoms with Crippen LogP contribution >= 0.6 is 0 Å². The second-order valence-corrected chi connectivity index (χ2v) is 8.28. The van der Waals surface area contributed by atoms with Crippen molar-refractivity contribution in [1.29, 1.82) is 0 Å². The average Bonchev–Trinajstić information content (AvgIpc) is 2.84. The Balaban J connectivity index is 1.63. The summed E-state index contributed by atoms with van der Waals surface area (Å²) >= 11 is 0. The summed E-state index contributed by atoms with van der Waals surface area (Å²) in [6, 6.07) is 23.2. The zero-order chi connectivity index (χ0) is 22.5. The minimum atomic E-state index is -0.196. The van der Waals surface area contributed by atoms with E-state index < -0.39 is 0 Å². The Morgan fingerprint density at radius 3 is 2.41 bits per heavy atom. The lowest BCUT2D eigenvalue weighted by atomic mass is 9.98. The summed E-state index contributed by atoms with van der Waals surface area (Å²) in [6.45, 7) is 5.64. The second-order valence-electron chi connectivity index (χ2n) is 8.28. The van der Waals surface area contributed by atoms with Gasteiger partial charge in [0.2, 0.25) is 0 Å². The molecule has 3 aromatic rings. The average molecular weight is 428 g/mol. The van der Waals surface area contributed by atoms with E-state index in [1.165, 1.54) is 11.1 Å². The lowest BCUT2D eigenvalue weighted by Crippen LogP contribution is -2.35. The monoisotopic (exact) mass is 427 g/mol. The van der Waals surface area contributed by atoms with Gasteiger partial charge < -0.3 is 15.5 Å². The molecule has 0 saturated heterocycles. The second kappa shape index (κ2) is 9.69. The van der Waals surface area contributed by atoms with Crippen molar-refractivity contribution in [2.75, 3.05) is 16.8 Å². The molecule has 32 heavy (non-hydrogen) atoms. The molecule has 1 aliphatic rings.